The minimum absolute atomic E-state index is 0.0604. The molecular weight excluding hydrogens is 369 g/mol. The van der Waals surface area contributed by atoms with E-state index in [2.05, 4.69) is 4.99 Å². The monoisotopic (exact) mass is 385 g/mol. The summed E-state index contributed by atoms with van der Waals surface area (Å²) in [4.78, 5) is 22.6. The Kier molecular flexibility index (Phi) is 4.50. The standard InChI is InChI=1S/C19H16FN3OS2/c1-3-23-17(24)16(26-19(23)21-13-7-5-4-6-8-13)18-22(2)14-10-9-12(20)11-15(14)25-18/h4-11H,3H2,1-2H3. The van der Waals surface area contributed by atoms with Gasteiger partial charge in [0.1, 0.15) is 10.7 Å². The van der Waals surface area contributed by atoms with Crippen molar-refractivity contribution < 1.29 is 9.18 Å². The summed E-state index contributed by atoms with van der Waals surface area (Å²) in [5.41, 5.74) is 1.72. The number of aliphatic imine (C=N–C) groups is 1. The van der Waals surface area contributed by atoms with E-state index < -0.39 is 0 Å². The summed E-state index contributed by atoms with van der Waals surface area (Å²) in [6.45, 7) is 2.48. The quantitative estimate of drug-likeness (QED) is 0.695. The molecule has 2 aromatic carbocycles. The fourth-order valence-electron chi connectivity index (χ4n) is 2.84. The number of halogens is 1. The van der Waals surface area contributed by atoms with Gasteiger partial charge in [0.05, 0.1) is 16.4 Å². The maximum atomic E-state index is 13.5. The molecule has 4 rings (SSSR count). The van der Waals surface area contributed by atoms with Crippen LogP contribution in [0.5, 0.6) is 0 Å². The number of benzene rings is 2. The number of anilines is 1. The molecule has 132 valence electrons. The predicted molar refractivity (Wildman–Crippen MR) is 106 cm³/mol. The molecule has 0 unspecified atom stereocenters. The van der Waals surface area contributed by atoms with E-state index in [4.69, 9.17) is 0 Å². The van der Waals surface area contributed by atoms with Gasteiger partial charge in [0.2, 0.25) is 0 Å². The Labute approximate surface area is 159 Å². The van der Waals surface area contributed by atoms with E-state index in [-0.39, 0.29) is 11.7 Å². The smallest absolute Gasteiger partial charge is 0.269 e. The lowest BCUT2D eigenvalue weighted by Crippen LogP contribution is -2.29. The van der Waals surface area contributed by atoms with Crippen molar-refractivity contribution in [3.8, 4) is 0 Å². The second kappa shape index (κ2) is 6.81. The molecule has 1 saturated heterocycles. The summed E-state index contributed by atoms with van der Waals surface area (Å²) in [6.07, 6.45) is 0. The summed E-state index contributed by atoms with van der Waals surface area (Å²) in [5.74, 6) is -0.336. The summed E-state index contributed by atoms with van der Waals surface area (Å²) in [6, 6.07) is 14.3. The molecule has 2 aromatic rings. The van der Waals surface area contributed by atoms with Gasteiger partial charge < -0.3 is 4.90 Å². The number of hydrogen-bond donors (Lipinski definition) is 0. The number of rotatable bonds is 2. The minimum atomic E-state index is -0.275. The molecule has 0 radical (unpaired) electrons. The molecule has 4 nitrogen and oxygen atoms in total. The van der Waals surface area contributed by atoms with E-state index in [9.17, 15) is 9.18 Å². The van der Waals surface area contributed by atoms with Crippen LogP contribution in [0, 0.1) is 5.82 Å². The third-order valence-electron chi connectivity index (χ3n) is 4.15. The summed E-state index contributed by atoms with van der Waals surface area (Å²) in [5, 5.41) is 1.49. The topological polar surface area (TPSA) is 35.9 Å². The molecule has 0 spiro atoms. The number of carbonyl (C=O) groups excluding carboxylic acids is 1. The van der Waals surface area contributed by atoms with Gasteiger partial charge in [0.15, 0.2) is 5.17 Å². The van der Waals surface area contributed by atoms with Gasteiger partial charge in [-0.2, -0.15) is 0 Å². The first-order chi connectivity index (χ1) is 12.6. The van der Waals surface area contributed by atoms with Crippen molar-refractivity contribution in [2.45, 2.75) is 11.8 Å². The third kappa shape index (κ3) is 2.91. The summed E-state index contributed by atoms with van der Waals surface area (Å²) < 4.78 is 13.5. The average Bonchev–Trinajstić information content (AvgIpc) is 3.12. The SMILES string of the molecule is CCN1C(=O)C(=C2Sc3cc(F)ccc3N2C)SC1=Nc1ccccc1. The minimum Gasteiger partial charge on any atom is -0.337 e. The first-order valence-electron chi connectivity index (χ1n) is 8.17. The number of amides is 1. The zero-order chi connectivity index (χ0) is 18.3. The van der Waals surface area contributed by atoms with Gasteiger partial charge in [-0.25, -0.2) is 9.38 Å². The lowest BCUT2D eigenvalue weighted by Gasteiger charge is -2.15. The van der Waals surface area contributed by atoms with E-state index in [1.807, 2.05) is 49.2 Å². The zero-order valence-corrected chi connectivity index (χ0v) is 15.9. The zero-order valence-electron chi connectivity index (χ0n) is 14.3. The van der Waals surface area contributed by atoms with E-state index >= 15 is 0 Å². The van der Waals surface area contributed by atoms with Gasteiger partial charge in [-0.15, -0.1) is 0 Å². The predicted octanol–water partition coefficient (Wildman–Crippen LogP) is 4.82. The lowest BCUT2D eigenvalue weighted by atomic mass is 10.3. The van der Waals surface area contributed by atoms with E-state index in [0.29, 0.717) is 16.6 Å². The highest BCUT2D eigenvalue weighted by molar-refractivity contribution is 8.19. The van der Waals surface area contributed by atoms with Crippen molar-refractivity contribution in [2.24, 2.45) is 4.99 Å². The van der Waals surface area contributed by atoms with E-state index in [1.54, 1.807) is 11.0 Å². The summed E-state index contributed by atoms with van der Waals surface area (Å²) >= 11 is 2.79. The molecule has 2 aliphatic rings. The van der Waals surface area contributed by atoms with Crippen LogP contribution in [0.1, 0.15) is 6.92 Å². The Bertz CT molecular complexity index is 943. The van der Waals surface area contributed by atoms with Crippen molar-refractivity contribution in [1.29, 1.82) is 0 Å². The maximum absolute atomic E-state index is 13.5. The second-order valence-corrected chi connectivity index (χ2v) is 7.80. The van der Waals surface area contributed by atoms with Gasteiger partial charge in [-0.05, 0) is 49.0 Å². The number of likely N-dealkylation sites (N-methyl/N-ethyl adjacent to an activating group) is 1. The molecule has 2 aliphatic heterocycles. The van der Waals surface area contributed by atoms with Gasteiger partial charge in [0.25, 0.3) is 5.91 Å². The van der Waals surface area contributed by atoms with E-state index in [0.717, 1.165) is 21.3 Å². The van der Waals surface area contributed by atoms with Crippen molar-refractivity contribution in [2.75, 3.05) is 18.5 Å². The molecule has 0 atom stereocenters. The normalized spacial score (nSPS) is 21.0. The van der Waals surface area contributed by atoms with Crippen LogP contribution in [0.25, 0.3) is 0 Å². The molecule has 1 fully saturated rings. The van der Waals surface area contributed by atoms with Crippen LogP contribution in [-0.2, 0) is 4.79 Å². The molecule has 0 aromatic heterocycles. The van der Waals surface area contributed by atoms with Crippen molar-refractivity contribution in [3.63, 3.8) is 0 Å². The fourth-order valence-corrected chi connectivity index (χ4v) is 5.27. The van der Waals surface area contributed by atoms with Gasteiger partial charge in [-0.1, -0.05) is 30.0 Å². The van der Waals surface area contributed by atoms with Gasteiger partial charge in [-0.3, -0.25) is 9.69 Å². The van der Waals surface area contributed by atoms with Crippen molar-refractivity contribution in [3.05, 3.63) is 64.3 Å². The number of nitrogens with zero attached hydrogens (tertiary/aromatic N) is 3. The lowest BCUT2D eigenvalue weighted by molar-refractivity contribution is -0.122. The second-order valence-electron chi connectivity index (χ2n) is 5.79. The number of amidine groups is 1. The molecule has 0 bridgehead atoms. The maximum Gasteiger partial charge on any atom is 0.269 e. The Morgan fingerprint density at radius 3 is 2.62 bits per heavy atom. The molecular formula is C19H16FN3OS2. The number of hydrogen-bond acceptors (Lipinski definition) is 5. The summed E-state index contributed by atoms with van der Waals surface area (Å²) in [7, 11) is 1.90. The highest BCUT2D eigenvalue weighted by Gasteiger charge is 2.38. The van der Waals surface area contributed by atoms with Crippen LogP contribution in [-0.4, -0.2) is 29.6 Å². The van der Waals surface area contributed by atoms with Crippen LogP contribution >= 0.6 is 23.5 Å². The molecule has 7 heteroatoms. The van der Waals surface area contributed by atoms with Crippen LogP contribution in [0.4, 0.5) is 15.8 Å². The molecule has 2 heterocycles. The average molecular weight is 385 g/mol. The number of thioether (sulfide) groups is 2. The molecule has 1 amide bonds. The van der Waals surface area contributed by atoms with Gasteiger partial charge in [0, 0.05) is 18.5 Å². The van der Waals surface area contributed by atoms with E-state index in [1.165, 1.54) is 35.7 Å². The van der Waals surface area contributed by atoms with Crippen molar-refractivity contribution >= 4 is 46.0 Å². The Morgan fingerprint density at radius 2 is 1.88 bits per heavy atom. The highest BCUT2D eigenvalue weighted by Crippen LogP contribution is 2.50. The van der Waals surface area contributed by atoms with Gasteiger partial charge >= 0.3 is 0 Å². The van der Waals surface area contributed by atoms with Crippen molar-refractivity contribution in [1.82, 2.24) is 4.90 Å². The number of fused-ring (bicyclic) bond motifs is 1. The van der Waals surface area contributed by atoms with Crippen LogP contribution < -0.4 is 4.90 Å². The first-order valence-corrected chi connectivity index (χ1v) is 9.80. The number of carbonyl (C=O) groups is 1. The van der Waals surface area contributed by atoms with Crippen LogP contribution in [0.3, 0.4) is 0 Å². The third-order valence-corrected chi connectivity index (χ3v) is 6.56. The Balaban J connectivity index is 1.73. The highest BCUT2D eigenvalue weighted by atomic mass is 32.2. The Morgan fingerprint density at radius 1 is 1.12 bits per heavy atom. The van der Waals surface area contributed by atoms with Crippen LogP contribution in [0.2, 0.25) is 0 Å². The number of para-hydroxylation sites is 1. The van der Waals surface area contributed by atoms with Crippen LogP contribution in [0.15, 0.2) is 68.4 Å². The molecule has 0 saturated carbocycles. The molecule has 0 N–H and O–H groups in total. The molecule has 0 aliphatic carbocycles. The molecule has 26 heavy (non-hydrogen) atoms. The fraction of sp³-hybridized carbons (Fsp3) is 0.158. The first kappa shape index (κ1) is 17.2. The Hall–Kier alpha value is -2.25. The largest absolute Gasteiger partial charge is 0.337 e.